The smallest absolute Gasteiger partial charge is 0.194 e. The van der Waals surface area contributed by atoms with Crippen LogP contribution in [0.25, 0.3) is 0 Å². The van der Waals surface area contributed by atoms with Crippen LogP contribution >= 0.6 is 24.0 Å². The number of rotatable bonds is 3. The van der Waals surface area contributed by atoms with Gasteiger partial charge in [0.25, 0.3) is 0 Å². The Kier molecular flexibility index (Phi) is 7.70. The molecule has 146 valence electrons. The Balaban J connectivity index is 0.00000261. The van der Waals surface area contributed by atoms with Gasteiger partial charge in [0.15, 0.2) is 17.5 Å². The van der Waals surface area contributed by atoms with E-state index in [1.165, 1.54) is 23.4 Å². The lowest BCUT2D eigenvalue weighted by molar-refractivity contribution is 0.372. The standard InChI is InChI=1S/C20H25FN4O.HI/c1-15-4-3-5-17(12-15)24-8-10-25(11-9-24)20(22-2)23-14-16-6-7-19(26)18(21)13-16;/h3-7,12-13,26H,8-11,14H2,1-2H3,(H,22,23);1H. The monoisotopic (exact) mass is 484 g/mol. The van der Waals surface area contributed by atoms with E-state index in [9.17, 15) is 9.50 Å². The number of halogens is 2. The second-order valence-electron chi connectivity index (χ2n) is 6.50. The molecular weight excluding hydrogens is 458 g/mol. The third-order valence-electron chi connectivity index (χ3n) is 4.62. The first kappa shape index (κ1) is 21.3. The lowest BCUT2D eigenvalue weighted by Gasteiger charge is -2.37. The second kappa shape index (κ2) is 9.77. The van der Waals surface area contributed by atoms with E-state index in [0.717, 1.165) is 37.7 Å². The van der Waals surface area contributed by atoms with E-state index in [2.05, 4.69) is 51.3 Å². The van der Waals surface area contributed by atoms with Crippen molar-refractivity contribution in [2.75, 3.05) is 38.1 Å². The molecule has 1 fully saturated rings. The van der Waals surface area contributed by atoms with Gasteiger partial charge in [-0.25, -0.2) is 4.39 Å². The summed E-state index contributed by atoms with van der Waals surface area (Å²) in [7, 11) is 1.76. The van der Waals surface area contributed by atoms with Crippen LogP contribution < -0.4 is 10.2 Å². The maximum Gasteiger partial charge on any atom is 0.194 e. The minimum absolute atomic E-state index is 0. The molecule has 1 aliphatic heterocycles. The predicted octanol–water partition coefficient (Wildman–Crippen LogP) is 3.36. The summed E-state index contributed by atoms with van der Waals surface area (Å²) in [6, 6.07) is 13.0. The molecule has 0 aromatic heterocycles. The number of guanidine groups is 1. The molecule has 0 unspecified atom stereocenters. The Labute approximate surface area is 176 Å². The molecule has 0 saturated carbocycles. The van der Waals surface area contributed by atoms with Crippen molar-refractivity contribution in [2.24, 2.45) is 4.99 Å². The van der Waals surface area contributed by atoms with Crippen LogP contribution in [0.1, 0.15) is 11.1 Å². The van der Waals surface area contributed by atoms with Crippen molar-refractivity contribution in [1.82, 2.24) is 10.2 Å². The molecule has 0 amide bonds. The lowest BCUT2D eigenvalue weighted by Crippen LogP contribution is -2.52. The van der Waals surface area contributed by atoms with Crippen molar-refractivity contribution >= 4 is 35.6 Å². The first-order chi connectivity index (χ1) is 12.6. The summed E-state index contributed by atoms with van der Waals surface area (Å²) in [5.74, 6) is -0.126. The first-order valence-corrected chi connectivity index (χ1v) is 8.81. The van der Waals surface area contributed by atoms with Gasteiger partial charge in [-0.05, 0) is 42.3 Å². The summed E-state index contributed by atoms with van der Waals surface area (Å²) in [5, 5.41) is 12.5. The maximum absolute atomic E-state index is 13.4. The third-order valence-corrected chi connectivity index (χ3v) is 4.62. The van der Waals surface area contributed by atoms with Crippen LogP contribution in [0.4, 0.5) is 10.1 Å². The summed E-state index contributed by atoms with van der Waals surface area (Å²) in [5.41, 5.74) is 3.29. The minimum Gasteiger partial charge on any atom is -0.505 e. The van der Waals surface area contributed by atoms with Gasteiger partial charge in [-0.15, -0.1) is 24.0 Å². The zero-order chi connectivity index (χ0) is 18.5. The fraction of sp³-hybridized carbons (Fsp3) is 0.350. The summed E-state index contributed by atoms with van der Waals surface area (Å²) < 4.78 is 13.4. The number of phenols is 1. The summed E-state index contributed by atoms with van der Waals surface area (Å²) in [6.07, 6.45) is 0. The molecule has 0 spiro atoms. The molecule has 5 nitrogen and oxygen atoms in total. The number of piperazine rings is 1. The molecule has 27 heavy (non-hydrogen) atoms. The van der Waals surface area contributed by atoms with Crippen molar-refractivity contribution in [2.45, 2.75) is 13.5 Å². The number of hydrogen-bond donors (Lipinski definition) is 2. The maximum atomic E-state index is 13.4. The number of benzene rings is 2. The molecule has 1 aliphatic rings. The molecule has 2 aromatic rings. The molecule has 0 bridgehead atoms. The van der Waals surface area contributed by atoms with Gasteiger partial charge < -0.3 is 20.2 Å². The molecular formula is C20H26FIN4O. The number of phenolic OH excluding ortho intramolecular Hbond substituents is 1. The molecule has 7 heteroatoms. The van der Waals surface area contributed by atoms with E-state index in [1.807, 2.05) is 0 Å². The van der Waals surface area contributed by atoms with Crippen molar-refractivity contribution < 1.29 is 9.50 Å². The largest absolute Gasteiger partial charge is 0.505 e. The highest BCUT2D eigenvalue weighted by molar-refractivity contribution is 14.0. The molecule has 1 heterocycles. The number of nitrogens with zero attached hydrogens (tertiary/aromatic N) is 3. The van der Waals surface area contributed by atoms with Crippen LogP contribution in [0.2, 0.25) is 0 Å². The summed E-state index contributed by atoms with van der Waals surface area (Å²) in [6.45, 7) is 6.17. The molecule has 0 aliphatic carbocycles. The Hall–Kier alpha value is -2.03. The van der Waals surface area contributed by atoms with Gasteiger partial charge in [-0.2, -0.15) is 0 Å². The molecule has 0 radical (unpaired) electrons. The van der Waals surface area contributed by atoms with Gasteiger partial charge in [0.1, 0.15) is 0 Å². The van der Waals surface area contributed by atoms with E-state index < -0.39 is 5.82 Å². The molecule has 3 rings (SSSR count). The fourth-order valence-electron chi connectivity index (χ4n) is 3.17. The Morgan fingerprint density at radius 2 is 1.89 bits per heavy atom. The van der Waals surface area contributed by atoms with Gasteiger partial charge >= 0.3 is 0 Å². The Morgan fingerprint density at radius 3 is 2.52 bits per heavy atom. The first-order valence-electron chi connectivity index (χ1n) is 8.81. The number of aliphatic imine (C=N–C) groups is 1. The van der Waals surface area contributed by atoms with Crippen LogP contribution in [0.5, 0.6) is 5.75 Å². The van der Waals surface area contributed by atoms with Crippen LogP contribution in [-0.4, -0.2) is 49.2 Å². The average Bonchev–Trinajstić information content (AvgIpc) is 2.65. The number of aryl methyl sites for hydroxylation is 1. The zero-order valence-electron chi connectivity index (χ0n) is 15.7. The predicted molar refractivity (Wildman–Crippen MR) is 119 cm³/mol. The number of hydrogen-bond acceptors (Lipinski definition) is 3. The van der Waals surface area contributed by atoms with Gasteiger partial charge in [0, 0.05) is 45.5 Å². The quantitative estimate of drug-likeness (QED) is 0.399. The molecule has 2 aromatic carbocycles. The van der Waals surface area contributed by atoms with E-state index in [4.69, 9.17) is 0 Å². The van der Waals surface area contributed by atoms with Gasteiger partial charge in [0.2, 0.25) is 0 Å². The summed E-state index contributed by atoms with van der Waals surface area (Å²) >= 11 is 0. The van der Waals surface area contributed by atoms with Gasteiger partial charge in [0.05, 0.1) is 0 Å². The number of nitrogens with one attached hydrogen (secondary N) is 1. The molecule has 2 N–H and O–H groups in total. The van der Waals surface area contributed by atoms with E-state index in [1.54, 1.807) is 13.1 Å². The highest BCUT2D eigenvalue weighted by Crippen LogP contribution is 2.18. The zero-order valence-corrected chi connectivity index (χ0v) is 18.0. The van der Waals surface area contributed by atoms with Crippen molar-refractivity contribution in [3.05, 3.63) is 59.4 Å². The van der Waals surface area contributed by atoms with E-state index >= 15 is 0 Å². The topological polar surface area (TPSA) is 51.1 Å². The third kappa shape index (κ3) is 5.47. The van der Waals surface area contributed by atoms with Crippen molar-refractivity contribution in [3.8, 4) is 5.75 Å². The average molecular weight is 484 g/mol. The van der Waals surface area contributed by atoms with E-state index in [0.29, 0.717) is 6.54 Å². The minimum atomic E-state index is -0.606. The van der Waals surface area contributed by atoms with E-state index in [-0.39, 0.29) is 29.7 Å². The normalized spacial score (nSPS) is 14.7. The number of anilines is 1. The lowest BCUT2D eigenvalue weighted by atomic mass is 10.2. The molecule has 0 atom stereocenters. The highest BCUT2D eigenvalue weighted by atomic mass is 127. The van der Waals surface area contributed by atoms with Gasteiger partial charge in [-0.1, -0.05) is 18.2 Å². The van der Waals surface area contributed by atoms with Crippen LogP contribution in [0.3, 0.4) is 0 Å². The Morgan fingerprint density at radius 1 is 1.15 bits per heavy atom. The van der Waals surface area contributed by atoms with Crippen LogP contribution in [-0.2, 0) is 6.54 Å². The van der Waals surface area contributed by atoms with Crippen molar-refractivity contribution in [3.63, 3.8) is 0 Å². The highest BCUT2D eigenvalue weighted by Gasteiger charge is 2.19. The molecule has 1 saturated heterocycles. The second-order valence-corrected chi connectivity index (χ2v) is 6.50. The van der Waals surface area contributed by atoms with Crippen LogP contribution in [0.15, 0.2) is 47.5 Å². The summed E-state index contributed by atoms with van der Waals surface area (Å²) in [4.78, 5) is 8.94. The Bertz CT molecular complexity index is 791. The van der Waals surface area contributed by atoms with Crippen molar-refractivity contribution in [1.29, 1.82) is 0 Å². The van der Waals surface area contributed by atoms with Crippen LogP contribution in [0, 0.1) is 12.7 Å². The van der Waals surface area contributed by atoms with Gasteiger partial charge in [-0.3, -0.25) is 4.99 Å². The number of aromatic hydroxyl groups is 1. The SMILES string of the molecule is CN=C(NCc1ccc(O)c(F)c1)N1CCN(c2cccc(C)c2)CC1.I. The fourth-order valence-corrected chi connectivity index (χ4v) is 3.17.